The smallest absolute Gasteiger partial charge is 0.163 e. The lowest BCUT2D eigenvalue weighted by Crippen LogP contribution is -2.08. The molecule has 0 saturated heterocycles. The third-order valence-electron chi connectivity index (χ3n) is 3.12. The quantitative estimate of drug-likeness (QED) is 0.711. The van der Waals surface area contributed by atoms with E-state index in [0.717, 1.165) is 28.4 Å². The predicted molar refractivity (Wildman–Crippen MR) is 71.9 cm³/mol. The highest BCUT2D eigenvalue weighted by Crippen LogP contribution is 2.21. The van der Waals surface area contributed by atoms with Gasteiger partial charge in [0.2, 0.25) is 0 Å². The molecule has 0 heterocycles. The van der Waals surface area contributed by atoms with Gasteiger partial charge in [0.05, 0.1) is 0 Å². The molecule has 0 fully saturated rings. The summed E-state index contributed by atoms with van der Waals surface area (Å²) < 4.78 is 1.03. The van der Waals surface area contributed by atoms with Gasteiger partial charge >= 0.3 is 0 Å². The maximum absolute atomic E-state index is 12.1. The second-order valence-corrected chi connectivity index (χ2v) is 5.18. The van der Waals surface area contributed by atoms with Crippen molar-refractivity contribution in [3.8, 4) is 0 Å². The van der Waals surface area contributed by atoms with Crippen LogP contribution in [0.15, 0.2) is 22.7 Å². The van der Waals surface area contributed by atoms with E-state index in [0.29, 0.717) is 12.3 Å². The molecule has 0 N–H and O–H groups in total. The fourth-order valence-corrected chi connectivity index (χ4v) is 2.36. The lowest BCUT2D eigenvalue weighted by molar-refractivity contribution is 0.0958. The Kier molecular flexibility index (Phi) is 5.20. The Balaban J connectivity index is 2.80. The molecule has 0 aliphatic carbocycles. The van der Waals surface area contributed by atoms with Gasteiger partial charge in [0, 0.05) is 16.5 Å². The van der Waals surface area contributed by atoms with E-state index >= 15 is 0 Å². The van der Waals surface area contributed by atoms with E-state index in [1.807, 2.05) is 25.1 Å². The van der Waals surface area contributed by atoms with Gasteiger partial charge in [0.15, 0.2) is 5.78 Å². The van der Waals surface area contributed by atoms with Gasteiger partial charge in [0.25, 0.3) is 0 Å². The van der Waals surface area contributed by atoms with E-state index in [4.69, 9.17) is 0 Å². The average Bonchev–Trinajstić information content (AvgIpc) is 2.25. The Morgan fingerprint density at radius 2 is 1.94 bits per heavy atom. The molecule has 1 aromatic rings. The third kappa shape index (κ3) is 3.44. The first-order chi connectivity index (χ1) is 7.58. The highest BCUT2D eigenvalue weighted by atomic mass is 79.9. The monoisotopic (exact) mass is 282 g/mol. The zero-order valence-corrected chi connectivity index (χ0v) is 11.8. The fourth-order valence-electron chi connectivity index (χ4n) is 1.89. The number of hydrogen-bond acceptors (Lipinski definition) is 1. The van der Waals surface area contributed by atoms with Gasteiger partial charge in [-0.15, -0.1) is 0 Å². The van der Waals surface area contributed by atoms with Crippen molar-refractivity contribution in [3.63, 3.8) is 0 Å². The number of Topliss-reactive ketones (excluding diaryl/α,β-unsaturated/α-hetero) is 1. The normalized spacial score (nSPS) is 10.8. The number of rotatable bonds is 5. The number of hydrogen-bond donors (Lipinski definition) is 0. The second-order valence-electron chi connectivity index (χ2n) is 4.27. The molecule has 16 heavy (non-hydrogen) atoms. The molecule has 1 aromatic carbocycles. The Morgan fingerprint density at radius 1 is 1.31 bits per heavy atom. The van der Waals surface area contributed by atoms with Gasteiger partial charge in [-0.1, -0.05) is 48.7 Å². The summed E-state index contributed by atoms with van der Waals surface area (Å²) in [6.07, 6.45) is 2.84. The van der Waals surface area contributed by atoms with E-state index in [-0.39, 0.29) is 5.78 Å². The molecule has 0 aliphatic rings. The lowest BCUT2D eigenvalue weighted by atomic mass is 9.92. The zero-order valence-electron chi connectivity index (χ0n) is 10.2. The molecule has 0 aliphatic heterocycles. The second kappa shape index (κ2) is 6.19. The van der Waals surface area contributed by atoms with Gasteiger partial charge in [0.1, 0.15) is 0 Å². The summed E-state index contributed by atoms with van der Waals surface area (Å²) in [6.45, 7) is 6.29. The van der Waals surface area contributed by atoms with Crippen LogP contribution in [0.2, 0.25) is 0 Å². The van der Waals surface area contributed by atoms with Crippen molar-refractivity contribution >= 4 is 21.7 Å². The topological polar surface area (TPSA) is 17.1 Å². The van der Waals surface area contributed by atoms with Crippen LogP contribution in [0.5, 0.6) is 0 Å². The van der Waals surface area contributed by atoms with Crippen molar-refractivity contribution in [3.05, 3.63) is 33.8 Å². The van der Waals surface area contributed by atoms with Crippen LogP contribution in [-0.4, -0.2) is 5.78 Å². The molecule has 1 rings (SSSR count). The number of benzene rings is 1. The summed E-state index contributed by atoms with van der Waals surface area (Å²) in [7, 11) is 0. The number of carbonyl (C=O) groups is 1. The molecule has 0 spiro atoms. The molecule has 0 unspecified atom stereocenters. The predicted octanol–water partition coefficient (Wildman–Crippen LogP) is 4.77. The van der Waals surface area contributed by atoms with Gasteiger partial charge in [-0.05, 0) is 30.5 Å². The lowest BCUT2D eigenvalue weighted by Gasteiger charge is -2.12. The van der Waals surface area contributed by atoms with Gasteiger partial charge in [-0.3, -0.25) is 4.79 Å². The van der Waals surface area contributed by atoms with Gasteiger partial charge < -0.3 is 0 Å². The zero-order chi connectivity index (χ0) is 12.1. The summed E-state index contributed by atoms with van der Waals surface area (Å²) in [5.41, 5.74) is 1.93. The maximum atomic E-state index is 12.1. The van der Waals surface area contributed by atoms with E-state index in [1.165, 1.54) is 0 Å². The molecule has 1 nitrogen and oxygen atoms in total. The summed E-state index contributed by atoms with van der Waals surface area (Å²) in [4.78, 5) is 12.1. The summed E-state index contributed by atoms with van der Waals surface area (Å²) in [6, 6.07) is 5.86. The van der Waals surface area contributed by atoms with Crippen molar-refractivity contribution in [2.24, 2.45) is 5.92 Å². The molecule has 0 atom stereocenters. The number of carbonyl (C=O) groups excluding carboxylic acids is 1. The molecule has 0 amide bonds. The minimum atomic E-state index is 0.277. The van der Waals surface area contributed by atoms with Crippen molar-refractivity contribution < 1.29 is 4.79 Å². The SMILES string of the molecule is CCC(CC)CC(=O)c1ccc(Br)cc1C. The first kappa shape index (κ1) is 13.4. The Labute approximate surface area is 106 Å². The molecule has 2 heteroatoms. The Morgan fingerprint density at radius 3 is 2.44 bits per heavy atom. The van der Waals surface area contributed by atoms with E-state index in [9.17, 15) is 4.79 Å². The first-order valence-electron chi connectivity index (χ1n) is 5.87. The Bertz CT molecular complexity index is 367. The van der Waals surface area contributed by atoms with Crippen LogP contribution in [0.25, 0.3) is 0 Å². The van der Waals surface area contributed by atoms with Crippen molar-refractivity contribution in [1.29, 1.82) is 0 Å². The number of halogens is 1. The highest BCUT2D eigenvalue weighted by molar-refractivity contribution is 9.10. The third-order valence-corrected chi connectivity index (χ3v) is 3.61. The van der Waals surface area contributed by atoms with E-state index < -0.39 is 0 Å². The number of ketones is 1. The minimum Gasteiger partial charge on any atom is -0.294 e. The minimum absolute atomic E-state index is 0.277. The molecule has 0 saturated carbocycles. The van der Waals surface area contributed by atoms with Crippen LogP contribution in [0, 0.1) is 12.8 Å². The molecular weight excluding hydrogens is 264 g/mol. The summed E-state index contributed by atoms with van der Waals surface area (Å²) in [5.74, 6) is 0.800. The molecule has 0 aromatic heterocycles. The summed E-state index contributed by atoms with van der Waals surface area (Å²) >= 11 is 3.41. The van der Waals surface area contributed by atoms with Gasteiger partial charge in [-0.25, -0.2) is 0 Å². The van der Waals surface area contributed by atoms with Crippen molar-refractivity contribution in [2.45, 2.75) is 40.0 Å². The van der Waals surface area contributed by atoms with Crippen LogP contribution >= 0.6 is 15.9 Å². The highest BCUT2D eigenvalue weighted by Gasteiger charge is 2.14. The van der Waals surface area contributed by atoms with Crippen LogP contribution in [0.4, 0.5) is 0 Å². The molecule has 88 valence electrons. The standard InChI is InChI=1S/C14H19BrO/c1-4-11(5-2)9-14(16)13-7-6-12(15)8-10(13)3/h6-8,11H,4-5,9H2,1-3H3. The van der Waals surface area contributed by atoms with Crippen LogP contribution < -0.4 is 0 Å². The molecular formula is C14H19BrO. The number of aryl methyl sites for hydroxylation is 1. The largest absolute Gasteiger partial charge is 0.294 e. The van der Waals surface area contributed by atoms with Crippen molar-refractivity contribution in [1.82, 2.24) is 0 Å². The van der Waals surface area contributed by atoms with Crippen LogP contribution in [0.3, 0.4) is 0 Å². The van der Waals surface area contributed by atoms with Crippen molar-refractivity contribution in [2.75, 3.05) is 0 Å². The maximum Gasteiger partial charge on any atom is 0.163 e. The van der Waals surface area contributed by atoms with Crippen LogP contribution in [-0.2, 0) is 0 Å². The first-order valence-corrected chi connectivity index (χ1v) is 6.67. The Hall–Kier alpha value is -0.630. The van der Waals surface area contributed by atoms with Crippen LogP contribution in [0.1, 0.15) is 49.0 Å². The summed E-state index contributed by atoms with van der Waals surface area (Å²) in [5, 5.41) is 0. The average molecular weight is 283 g/mol. The molecule has 0 bridgehead atoms. The fraction of sp³-hybridized carbons (Fsp3) is 0.500. The molecule has 0 radical (unpaired) electrons. The van der Waals surface area contributed by atoms with E-state index in [1.54, 1.807) is 0 Å². The van der Waals surface area contributed by atoms with Gasteiger partial charge in [-0.2, -0.15) is 0 Å². The van der Waals surface area contributed by atoms with E-state index in [2.05, 4.69) is 29.8 Å².